The topological polar surface area (TPSA) is 67.9 Å². The highest BCUT2D eigenvalue weighted by Gasteiger charge is 2.13. The summed E-state index contributed by atoms with van der Waals surface area (Å²) in [4.78, 5) is 2.41. The second-order valence-electron chi connectivity index (χ2n) is 5.18. The van der Waals surface area contributed by atoms with Gasteiger partial charge in [0.15, 0.2) is 0 Å². The lowest BCUT2D eigenvalue weighted by Gasteiger charge is -2.28. The monoisotopic (exact) mass is 284 g/mol. The van der Waals surface area contributed by atoms with Crippen LogP contribution >= 0.6 is 0 Å². The van der Waals surface area contributed by atoms with Crippen molar-refractivity contribution in [2.45, 2.75) is 38.3 Å². The summed E-state index contributed by atoms with van der Waals surface area (Å²) in [6.07, 6.45) is 3.20. The molecule has 116 valence electrons. The molecule has 2 atom stereocenters. The molecule has 1 saturated heterocycles. The quantitative estimate of drug-likeness (QED) is 0.468. The number of aliphatic hydroxyl groups is 1. The van der Waals surface area contributed by atoms with Gasteiger partial charge in [-0.2, -0.15) is 0 Å². The lowest BCUT2D eigenvalue weighted by Crippen LogP contribution is -2.42. The molecule has 0 spiro atoms. The first-order chi connectivity index (χ1) is 9.72. The van der Waals surface area contributed by atoms with Gasteiger partial charge in [0.25, 0.3) is 0 Å². The molecule has 0 aliphatic carbocycles. The van der Waals surface area contributed by atoms with E-state index in [1.54, 1.807) is 6.92 Å². The van der Waals surface area contributed by atoms with Crippen LogP contribution in [0.2, 0.25) is 0 Å². The van der Waals surface area contributed by atoms with Crippen LogP contribution in [0.4, 0.5) is 0 Å². The third-order valence-corrected chi connectivity index (χ3v) is 3.23. The van der Waals surface area contributed by atoms with E-state index in [0.717, 1.165) is 19.6 Å². The van der Waals surface area contributed by atoms with Gasteiger partial charge in [-0.05, 0) is 32.9 Å². The Morgan fingerprint density at radius 2 is 1.80 bits per heavy atom. The van der Waals surface area contributed by atoms with Gasteiger partial charge in [0.05, 0.1) is 26.4 Å². The zero-order chi connectivity index (χ0) is 14.6. The summed E-state index contributed by atoms with van der Waals surface area (Å²) in [6, 6.07) is 0.0599. The van der Waals surface area contributed by atoms with Gasteiger partial charge in [0.1, 0.15) is 6.10 Å². The van der Waals surface area contributed by atoms with Crippen LogP contribution in [0, 0.1) is 11.8 Å². The molecule has 0 bridgehead atoms. The van der Waals surface area contributed by atoms with Crippen LogP contribution in [0.25, 0.3) is 0 Å². The highest BCUT2D eigenvalue weighted by molar-refractivity contribution is 5.01. The fourth-order valence-corrected chi connectivity index (χ4v) is 2.28. The molecule has 5 nitrogen and oxygen atoms in total. The number of piperidine rings is 1. The molecule has 20 heavy (non-hydrogen) atoms. The summed E-state index contributed by atoms with van der Waals surface area (Å²) in [5.41, 5.74) is 6.04. The fraction of sp³-hybridized carbons (Fsp3) is 0.867. The molecule has 0 saturated carbocycles. The molecule has 2 unspecified atom stereocenters. The minimum Gasteiger partial charge on any atom is -0.378 e. The molecule has 1 aliphatic rings. The zero-order valence-electron chi connectivity index (χ0n) is 12.5. The van der Waals surface area contributed by atoms with E-state index in [2.05, 4.69) is 16.7 Å². The van der Waals surface area contributed by atoms with Crippen molar-refractivity contribution in [3.63, 3.8) is 0 Å². The second kappa shape index (κ2) is 11.1. The van der Waals surface area contributed by atoms with Crippen LogP contribution in [0.15, 0.2) is 0 Å². The Morgan fingerprint density at radius 3 is 2.45 bits per heavy atom. The van der Waals surface area contributed by atoms with E-state index in [1.807, 2.05) is 0 Å². The van der Waals surface area contributed by atoms with E-state index in [4.69, 9.17) is 15.2 Å². The van der Waals surface area contributed by atoms with Crippen LogP contribution in [0.3, 0.4) is 0 Å². The van der Waals surface area contributed by atoms with Gasteiger partial charge < -0.3 is 25.2 Å². The van der Waals surface area contributed by atoms with Gasteiger partial charge in [-0.1, -0.05) is 12.3 Å². The molecule has 0 radical (unpaired) electrons. The number of nitrogens with two attached hydrogens (primary N) is 1. The Bertz CT molecular complexity index is 295. The first-order valence-electron chi connectivity index (χ1n) is 7.46. The number of aliphatic hydroxyl groups excluding tert-OH is 1. The smallest absolute Gasteiger partial charge is 0.137 e. The summed E-state index contributed by atoms with van der Waals surface area (Å²) < 4.78 is 10.7. The highest BCUT2D eigenvalue weighted by atomic mass is 16.5. The normalized spacial score (nSPS) is 19.1. The molecule has 0 aromatic carbocycles. The molecule has 0 aromatic heterocycles. The van der Waals surface area contributed by atoms with Gasteiger partial charge >= 0.3 is 0 Å². The van der Waals surface area contributed by atoms with E-state index in [9.17, 15) is 5.11 Å². The van der Waals surface area contributed by atoms with Crippen LogP contribution in [0.5, 0.6) is 0 Å². The Morgan fingerprint density at radius 1 is 1.15 bits per heavy atom. The average Bonchev–Trinajstić information content (AvgIpc) is 2.44. The number of nitrogens with zero attached hydrogens (tertiary/aromatic N) is 1. The maximum atomic E-state index is 9.31. The number of hydrogen-bond acceptors (Lipinski definition) is 5. The second-order valence-corrected chi connectivity index (χ2v) is 5.18. The molecule has 0 amide bonds. The molecule has 3 N–H and O–H groups in total. The van der Waals surface area contributed by atoms with Crippen molar-refractivity contribution in [2.24, 2.45) is 5.73 Å². The largest absolute Gasteiger partial charge is 0.378 e. The van der Waals surface area contributed by atoms with E-state index >= 15 is 0 Å². The number of ether oxygens (including phenoxy) is 2. The van der Waals surface area contributed by atoms with Crippen molar-refractivity contribution in [3.05, 3.63) is 0 Å². The molecular weight excluding hydrogens is 256 g/mol. The van der Waals surface area contributed by atoms with Crippen molar-refractivity contribution >= 4 is 0 Å². The van der Waals surface area contributed by atoms with Crippen molar-refractivity contribution in [2.75, 3.05) is 46.1 Å². The molecular formula is C15H28N2O3. The maximum absolute atomic E-state index is 9.31. The predicted octanol–water partition coefficient (Wildman–Crippen LogP) is 0.217. The fourth-order valence-electron chi connectivity index (χ4n) is 2.28. The lowest BCUT2D eigenvalue weighted by molar-refractivity contribution is 0.0141. The van der Waals surface area contributed by atoms with Crippen LogP contribution < -0.4 is 5.73 Å². The zero-order valence-corrected chi connectivity index (χ0v) is 12.5. The lowest BCUT2D eigenvalue weighted by atomic mass is 10.1. The van der Waals surface area contributed by atoms with Crippen LogP contribution in [0.1, 0.15) is 26.2 Å². The summed E-state index contributed by atoms with van der Waals surface area (Å²) in [5, 5.41) is 9.31. The Labute approximate surface area is 122 Å². The summed E-state index contributed by atoms with van der Waals surface area (Å²) in [5.74, 6) is 5.26. The van der Waals surface area contributed by atoms with Crippen LogP contribution in [-0.2, 0) is 9.47 Å². The Balaban J connectivity index is 1.93. The molecule has 0 aromatic rings. The third-order valence-electron chi connectivity index (χ3n) is 3.23. The first kappa shape index (κ1) is 17.4. The molecule has 1 aliphatic heterocycles. The SMILES string of the molecule is CC#CC(O)COCCOCC(N)CN1CCCCC1. The minimum absolute atomic E-state index is 0.0599. The molecule has 1 rings (SSSR count). The van der Waals surface area contributed by atoms with Gasteiger partial charge in [-0.3, -0.25) is 0 Å². The first-order valence-corrected chi connectivity index (χ1v) is 7.46. The van der Waals surface area contributed by atoms with E-state index in [0.29, 0.717) is 19.8 Å². The van der Waals surface area contributed by atoms with E-state index in [-0.39, 0.29) is 12.6 Å². The minimum atomic E-state index is -0.707. The van der Waals surface area contributed by atoms with Crippen LogP contribution in [-0.4, -0.2) is 68.2 Å². The molecule has 1 fully saturated rings. The van der Waals surface area contributed by atoms with Crippen molar-refractivity contribution in [1.82, 2.24) is 4.90 Å². The van der Waals surface area contributed by atoms with Crippen molar-refractivity contribution < 1.29 is 14.6 Å². The Hall–Kier alpha value is -0.640. The van der Waals surface area contributed by atoms with Crippen molar-refractivity contribution in [1.29, 1.82) is 0 Å². The number of hydrogen-bond donors (Lipinski definition) is 2. The summed E-state index contributed by atoms with van der Waals surface area (Å²) in [7, 11) is 0. The number of rotatable bonds is 9. The average molecular weight is 284 g/mol. The number of likely N-dealkylation sites (tertiary alicyclic amines) is 1. The summed E-state index contributed by atoms with van der Waals surface area (Å²) >= 11 is 0. The van der Waals surface area contributed by atoms with E-state index in [1.165, 1.54) is 19.3 Å². The Kier molecular flexibility index (Phi) is 9.63. The van der Waals surface area contributed by atoms with Gasteiger partial charge in [0, 0.05) is 12.6 Å². The predicted molar refractivity (Wildman–Crippen MR) is 79.4 cm³/mol. The third kappa shape index (κ3) is 8.51. The molecule has 1 heterocycles. The van der Waals surface area contributed by atoms with E-state index < -0.39 is 6.10 Å². The highest BCUT2D eigenvalue weighted by Crippen LogP contribution is 2.08. The molecule has 5 heteroatoms. The maximum Gasteiger partial charge on any atom is 0.137 e. The standard InChI is InChI=1S/C15H28N2O3/c1-2-6-15(18)13-20-10-9-19-12-14(16)11-17-7-4-3-5-8-17/h14-15,18H,3-5,7-13,16H2,1H3. The van der Waals surface area contributed by atoms with Gasteiger partial charge in [-0.15, -0.1) is 5.92 Å². The van der Waals surface area contributed by atoms with Gasteiger partial charge in [-0.25, -0.2) is 0 Å². The van der Waals surface area contributed by atoms with Gasteiger partial charge in [0.2, 0.25) is 0 Å². The summed E-state index contributed by atoms with van der Waals surface area (Å²) in [6.45, 7) is 6.65. The van der Waals surface area contributed by atoms with Crippen molar-refractivity contribution in [3.8, 4) is 11.8 Å².